The van der Waals surface area contributed by atoms with Crippen LogP contribution in [-0.2, 0) is 71.5 Å². The molecule has 0 heterocycles. The van der Waals surface area contributed by atoms with E-state index in [9.17, 15) is 43.2 Å². The van der Waals surface area contributed by atoms with Crippen LogP contribution >= 0.6 is 0 Å². The molecule has 0 aliphatic rings. The molecule has 0 saturated carbocycles. The number of nitrogens with one attached hydrogen (secondary N) is 5. The van der Waals surface area contributed by atoms with Crippen molar-refractivity contribution < 1.29 is 86.8 Å². The van der Waals surface area contributed by atoms with Gasteiger partial charge in [0.15, 0.2) is 11.6 Å². The number of esters is 4. The zero-order chi connectivity index (χ0) is 59.3. The van der Waals surface area contributed by atoms with Crippen LogP contribution in [0.5, 0.6) is 0 Å². The zero-order valence-corrected chi connectivity index (χ0v) is 49.5. The van der Waals surface area contributed by atoms with Crippen molar-refractivity contribution in [3.8, 4) is 0 Å². The third-order valence-corrected chi connectivity index (χ3v) is 9.87. The monoisotopic (exact) mass is 1110 g/mol. The SMILES string of the molecule is CC(=O)[C@H](CCCC[NH3+])NC(=O)N[C@@H](CCC(=O)OC(C)(C)C)C(=O)OC(C)(C)C.CCCOCCOCCOCCOCCC(=O)NCCCC[C@H](NC(=O)N[C@@H](CCC(=O)OC(C)(C)C)C(=O)OC(C)(C)C)C(C)=O. The molecule has 0 rings (SSSR count). The van der Waals surface area contributed by atoms with Gasteiger partial charge >= 0.3 is 35.9 Å². The topological polar surface area (TPSA) is 315 Å². The third-order valence-electron chi connectivity index (χ3n) is 9.87. The summed E-state index contributed by atoms with van der Waals surface area (Å²) in [5.74, 6) is -2.92. The highest BCUT2D eigenvalue weighted by Crippen LogP contribution is 2.16. The summed E-state index contributed by atoms with van der Waals surface area (Å²) in [6.45, 7) is 30.5. The standard InChI is InChI=1S/C33H61N3O11.C21H39N3O6/c1-9-17-42-19-21-44-23-24-45-22-20-43-18-15-28(38)34-16-11-10-12-26(25(2)37)35-31(41)36-27(30(40)47-33(6,7)8)13-14-29(39)46-32(3,4)5;1-14(25)15(10-8-9-13-22)23-19(28)24-16(18(27)30-21(5,6)7)11-12-17(26)29-20(2,3)4/h26-27H,9-24H2,1-8H3,(H,34,38)(H2,35,36,41);15-16H,8-13,22H2,1-7H3,(H2,23,24,28)/p+1/t26-,27-;15-,16-/m00/s1. The van der Waals surface area contributed by atoms with Gasteiger partial charge in [0.2, 0.25) is 5.91 Å². The van der Waals surface area contributed by atoms with Crippen molar-refractivity contribution in [1.82, 2.24) is 26.6 Å². The molecule has 0 radical (unpaired) electrons. The molecular formula is C54H101N6O17+. The number of hydrogen-bond acceptors (Lipinski definition) is 17. The molecule has 0 aromatic rings. The molecule has 77 heavy (non-hydrogen) atoms. The van der Waals surface area contributed by atoms with Gasteiger partial charge in [-0.3, -0.25) is 24.0 Å². The molecule has 0 unspecified atom stereocenters. The van der Waals surface area contributed by atoms with Gasteiger partial charge in [-0.2, -0.15) is 0 Å². The first-order valence-corrected chi connectivity index (χ1v) is 27.1. The van der Waals surface area contributed by atoms with Crippen LogP contribution in [0.4, 0.5) is 9.59 Å². The molecule has 0 aromatic heterocycles. The van der Waals surface area contributed by atoms with Gasteiger partial charge in [0, 0.05) is 32.4 Å². The number of hydrogen-bond donors (Lipinski definition) is 6. The van der Waals surface area contributed by atoms with Gasteiger partial charge in [-0.05, 0) is 155 Å². The maximum absolute atomic E-state index is 12.8. The average Bonchev–Trinajstić information content (AvgIpc) is 3.27. The number of carbonyl (C=O) groups is 9. The number of ketones is 2. The van der Waals surface area contributed by atoms with E-state index in [4.69, 9.17) is 37.9 Å². The number of amides is 5. The summed E-state index contributed by atoms with van der Waals surface area (Å²) in [5.41, 5.74) is 0.862. The van der Waals surface area contributed by atoms with Gasteiger partial charge in [-0.25, -0.2) is 19.2 Å². The highest BCUT2D eigenvalue weighted by Gasteiger charge is 2.31. The number of ether oxygens (including phenoxy) is 8. The second kappa shape index (κ2) is 40.2. The molecule has 0 fully saturated rings. The lowest BCUT2D eigenvalue weighted by molar-refractivity contribution is -0.368. The Morgan fingerprint density at radius 3 is 1.09 bits per heavy atom. The van der Waals surface area contributed by atoms with Gasteiger partial charge in [0.25, 0.3) is 0 Å². The van der Waals surface area contributed by atoms with Crippen LogP contribution < -0.4 is 32.3 Å². The van der Waals surface area contributed by atoms with Gasteiger partial charge in [0.1, 0.15) is 34.5 Å². The summed E-state index contributed by atoms with van der Waals surface area (Å²) < 4.78 is 42.9. The molecule has 23 heteroatoms. The summed E-state index contributed by atoms with van der Waals surface area (Å²) in [6.07, 6.45) is 4.59. The smallest absolute Gasteiger partial charge is 0.329 e. The first-order chi connectivity index (χ1) is 35.7. The second-order valence-corrected chi connectivity index (χ2v) is 22.4. The number of Topliss-reactive ketones (excluding diaryl/α,β-unsaturated/α-hetero) is 2. The van der Waals surface area contributed by atoms with Crippen molar-refractivity contribution in [3.63, 3.8) is 0 Å². The Labute approximate surface area is 459 Å². The maximum Gasteiger partial charge on any atom is 0.329 e. The van der Waals surface area contributed by atoms with Crippen LogP contribution in [0.25, 0.3) is 0 Å². The molecule has 448 valence electrons. The van der Waals surface area contributed by atoms with Gasteiger partial charge in [0.05, 0.1) is 64.9 Å². The number of urea groups is 2. The minimum Gasteiger partial charge on any atom is -0.460 e. The quantitative estimate of drug-likeness (QED) is 0.0279. The van der Waals surface area contributed by atoms with Gasteiger partial charge in [-0.15, -0.1) is 0 Å². The average molecular weight is 1110 g/mol. The Morgan fingerprint density at radius 1 is 0.416 bits per heavy atom. The number of carbonyl (C=O) groups excluding carboxylic acids is 9. The van der Waals surface area contributed by atoms with E-state index in [-0.39, 0.29) is 56.2 Å². The lowest BCUT2D eigenvalue weighted by atomic mass is 10.1. The zero-order valence-electron chi connectivity index (χ0n) is 49.5. The van der Waals surface area contributed by atoms with Crippen LogP contribution in [0.15, 0.2) is 0 Å². The molecule has 0 aromatic carbocycles. The van der Waals surface area contributed by atoms with E-state index in [0.29, 0.717) is 71.9 Å². The summed E-state index contributed by atoms with van der Waals surface area (Å²) in [6, 6.07) is -5.01. The van der Waals surface area contributed by atoms with E-state index in [1.165, 1.54) is 13.8 Å². The third kappa shape index (κ3) is 46.8. The highest BCUT2D eigenvalue weighted by atomic mass is 16.6. The largest absolute Gasteiger partial charge is 0.460 e. The lowest BCUT2D eigenvalue weighted by Crippen LogP contribution is -2.52. The van der Waals surface area contributed by atoms with E-state index in [1.54, 1.807) is 83.1 Å². The summed E-state index contributed by atoms with van der Waals surface area (Å²) in [7, 11) is 0. The minimum atomic E-state index is -1.12. The Morgan fingerprint density at radius 2 is 0.753 bits per heavy atom. The molecule has 0 aliphatic heterocycles. The Bertz CT molecular complexity index is 1750. The molecule has 4 atom stereocenters. The first kappa shape index (κ1) is 74.1. The fourth-order valence-corrected chi connectivity index (χ4v) is 6.41. The van der Waals surface area contributed by atoms with Crippen molar-refractivity contribution in [2.75, 3.05) is 65.9 Å². The molecule has 0 spiro atoms. The van der Waals surface area contributed by atoms with E-state index in [0.717, 1.165) is 32.4 Å². The van der Waals surface area contributed by atoms with E-state index < -0.39 is 82.5 Å². The molecule has 0 bridgehead atoms. The summed E-state index contributed by atoms with van der Waals surface area (Å²) >= 11 is 0. The van der Waals surface area contributed by atoms with Crippen LogP contribution in [0, 0.1) is 0 Å². The Kier molecular flexibility index (Phi) is 38.7. The van der Waals surface area contributed by atoms with Crippen LogP contribution in [0.3, 0.4) is 0 Å². The predicted octanol–water partition coefficient (Wildman–Crippen LogP) is 4.72. The van der Waals surface area contributed by atoms with E-state index >= 15 is 0 Å². The molecule has 0 aliphatic carbocycles. The molecule has 23 nitrogen and oxygen atoms in total. The normalized spacial score (nSPS) is 13.2. The molecule has 5 amide bonds. The number of unbranched alkanes of at least 4 members (excludes halogenated alkanes) is 2. The number of rotatable bonds is 37. The van der Waals surface area contributed by atoms with Crippen molar-refractivity contribution in [3.05, 3.63) is 0 Å². The van der Waals surface area contributed by atoms with Gasteiger partial charge < -0.3 is 70.2 Å². The number of quaternary nitrogens is 1. The van der Waals surface area contributed by atoms with Crippen LogP contribution in [0.1, 0.15) is 181 Å². The lowest BCUT2D eigenvalue weighted by Gasteiger charge is -2.26. The molecular weight excluding hydrogens is 1000 g/mol. The Balaban J connectivity index is 0. The second-order valence-electron chi connectivity index (χ2n) is 22.4. The fourth-order valence-electron chi connectivity index (χ4n) is 6.41. The first-order valence-electron chi connectivity index (χ1n) is 27.1. The Hall–Kier alpha value is -4.97. The van der Waals surface area contributed by atoms with Crippen molar-refractivity contribution in [2.24, 2.45) is 0 Å². The maximum atomic E-state index is 12.8. The minimum absolute atomic E-state index is 0.0174. The predicted molar refractivity (Wildman–Crippen MR) is 288 cm³/mol. The molecule has 0 saturated heterocycles. The van der Waals surface area contributed by atoms with Crippen molar-refractivity contribution in [1.29, 1.82) is 0 Å². The van der Waals surface area contributed by atoms with Crippen LogP contribution in [-0.4, -0.2) is 166 Å². The van der Waals surface area contributed by atoms with Crippen molar-refractivity contribution in [2.45, 2.75) is 227 Å². The summed E-state index contributed by atoms with van der Waals surface area (Å²) in [5, 5.41) is 13.1. The molecule has 8 N–H and O–H groups in total. The van der Waals surface area contributed by atoms with Crippen molar-refractivity contribution >= 4 is 53.4 Å². The fraction of sp³-hybridized carbons (Fsp3) is 0.833. The summed E-state index contributed by atoms with van der Waals surface area (Å²) in [4.78, 5) is 111. The van der Waals surface area contributed by atoms with E-state index in [2.05, 4.69) is 39.2 Å². The van der Waals surface area contributed by atoms with E-state index in [1.807, 2.05) is 0 Å². The van der Waals surface area contributed by atoms with Crippen LogP contribution in [0.2, 0.25) is 0 Å². The van der Waals surface area contributed by atoms with Gasteiger partial charge in [-0.1, -0.05) is 6.92 Å². The highest BCUT2D eigenvalue weighted by molar-refractivity contribution is 5.90.